The molecule has 0 aliphatic heterocycles. The summed E-state index contributed by atoms with van der Waals surface area (Å²) >= 11 is 5.87. The summed E-state index contributed by atoms with van der Waals surface area (Å²) in [5.41, 5.74) is 5.72. The lowest BCUT2D eigenvalue weighted by atomic mass is 9.92. The maximum atomic E-state index is 5.87. The van der Waals surface area contributed by atoms with E-state index in [1.807, 2.05) is 43.3 Å². The molecule has 4 nitrogen and oxygen atoms in total. The third kappa shape index (κ3) is 4.26. The van der Waals surface area contributed by atoms with Crippen LogP contribution in [0.25, 0.3) is 0 Å². The summed E-state index contributed by atoms with van der Waals surface area (Å²) in [6, 6.07) is 11.4. The predicted octanol–water partition coefficient (Wildman–Crippen LogP) is 4.26. The van der Waals surface area contributed by atoms with Crippen LogP contribution in [0.4, 0.5) is 5.82 Å². The van der Waals surface area contributed by atoms with E-state index in [2.05, 4.69) is 41.5 Å². The van der Waals surface area contributed by atoms with E-state index in [9.17, 15) is 0 Å². The van der Waals surface area contributed by atoms with Gasteiger partial charge in [0.25, 0.3) is 0 Å². The van der Waals surface area contributed by atoms with Gasteiger partial charge in [0, 0.05) is 10.4 Å². The molecule has 0 aliphatic rings. The van der Waals surface area contributed by atoms with Crippen LogP contribution < -0.4 is 5.43 Å². The van der Waals surface area contributed by atoms with Gasteiger partial charge in [-0.3, -0.25) is 5.43 Å². The van der Waals surface area contributed by atoms with Crippen molar-refractivity contribution in [2.45, 2.75) is 33.1 Å². The predicted molar refractivity (Wildman–Crippen MR) is 88.0 cm³/mol. The Morgan fingerprint density at radius 3 is 2.24 bits per heavy atom. The number of anilines is 1. The second-order valence-electron chi connectivity index (χ2n) is 5.87. The molecule has 0 spiro atoms. The van der Waals surface area contributed by atoms with Gasteiger partial charge in [-0.25, -0.2) is 0 Å². The van der Waals surface area contributed by atoms with Crippen LogP contribution in [0.2, 0.25) is 5.02 Å². The number of halogens is 1. The minimum absolute atomic E-state index is 0.00593. The van der Waals surface area contributed by atoms with E-state index in [4.69, 9.17) is 11.6 Å². The highest BCUT2D eigenvalue weighted by Gasteiger charge is 2.15. The molecule has 2 rings (SSSR count). The first kappa shape index (κ1) is 15.4. The molecule has 5 heteroatoms. The molecule has 0 radical (unpaired) electrons. The zero-order valence-electron chi connectivity index (χ0n) is 12.7. The van der Waals surface area contributed by atoms with Crippen LogP contribution in [0.1, 0.15) is 39.0 Å². The molecule has 0 fully saturated rings. The van der Waals surface area contributed by atoms with E-state index >= 15 is 0 Å². The fourth-order valence-corrected chi connectivity index (χ4v) is 1.81. The van der Waals surface area contributed by atoms with E-state index in [0.29, 0.717) is 10.8 Å². The first-order valence-electron chi connectivity index (χ1n) is 6.77. The number of aromatic nitrogens is 2. The van der Waals surface area contributed by atoms with Crippen molar-refractivity contribution < 1.29 is 0 Å². The van der Waals surface area contributed by atoms with E-state index < -0.39 is 0 Å². The third-order valence-corrected chi connectivity index (χ3v) is 3.29. The number of nitrogens with zero attached hydrogens (tertiary/aromatic N) is 3. The quantitative estimate of drug-likeness (QED) is 0.680. The molecule has 0 aliphatic carbocycles. The van der Waals surface area contributed by atoms with E-state index in [1.165, 1.54) is 0 Å². The zero-order chi connectivity index (χ0) is 15.5. The highest BCUT2D eigenvalue weighted by molar-refractivity contribution is 6.30. The standard InChI is InChI=1S/C16H19ClN4/c1-11(12-5-7-13(17)8-6-12)18-20-15-10-9-14(19-21-15)16(2,3)4/h5-10H,1-4H3,(H,20,21). The van der Waals surface area contributed by atoms with Gasteiger partial charge in [0.1, 0.15) is 0 Å². The Kier molecular flexibility index (Phi) is 4.58. The molecule has 0 amide bonds. The largest absolute Gasteiger partial charge is 0.260 e. The molecule has 1 heterocycles. The third-order valence-electron chi connectivity index (χ3n) is 3.03. The Labute approximate surface area is 130 Å². The average Bonchev–Trinajstić information content (AvgIpc) is 2.45. The highest BCUT2D eigenvalue weighted by Crippen LogP contribution is 2.19. The Morgan fingerprint density at radius 2 is 1.71 bits per heavy atom. The van der Waals surface area contributed by atoms with Crippen molar-refractivity contribution >= 4 is 23.1 Å². The number of hydrogen-bond acceptors (Lipinski definition) is 4. The van der Waals surface area contributed by atoms with Gasteiger partial charge in [0.15, 0.2) is 5.82 Å². The maximum Gasteiger partial charge on any atom is 0.168 e. The SMILES string of the molecule is CC(=NNc1ccc(C(C)(C)C)nn1)c1ccc(Cl)cc1. The summed E-state index contributed by atoms with van der Waals surface area (Å²) in [5.74, 6) is 0.622. The number of hydrogen-bond donors (Lipinski definition) is 1. The Balaban J connectivity index is 2.08. The molecule has 1 aromatic heterocycles. The molecular formula is C16H19ClN4. The highest BCUT2D eigenvalue weighted by atomic mass is 35.5. The molecule has 0 saturated carbocycles. The smallest absolute Gasteiger partial charge is 0.168 e. The van der Waals surface area contributed by atoms with Crippen molar-refractivity contribution in [3.8, 4) is 0 Å². The van der Waals surface area contributed by atoms with Crippen molar-refractivity contribution in [1.29, 1.82) is 0 Å². The monoisotopic (exact) mass is 302 g/mol. The van der Waals surface area contributed by atoms with E-state index in [0.717, 1.165) is 17.0 Å². The lowest BCUT2D eigenvalue weighted by Crippen LogP contribution is -2.14. The van der Waals surface area contributed by atoms with Gasteiger partial charge in [-0.1, -0.05) is 44.5 Å². The van der Waals surface area contributed by atoms with Crippen molar-refractivity contribution in [2.75, 3.05) is 5.43 Å². The summed E-state index contributed by atoms with van der Waals surface area (Å²) in [5, 5.41) is 13.4. The molecule has 21 heavy (non-hydrogen) atoms. The summed E-state index contributed by atoms with van der Waals surface area (Å²) in [6.45, 7) is 8.24. The summed E-state index contributed by atoms with van der Waals surface area (Å²) < 4.78 is 0. The molecule has 1 aromatic carbocycles. The van der Waals surface area contributed by atoms with Gasteiger partial charge in [0.2, 0.25) is 0 Å². The number of hydrazone groups is 1. The first-order chi connectivity index (χ1) is 9.86. The van der Waals surface area contributed by atoms with E-state index in [-0.39, 0.29) is 5.41 Å². The molecule has 2 aromatic rings. The van der Waals surface area contributed by atoms with Crippen LogP contribution in [0, 0.1) is 0 Å². The second-order valence-corrected chi connectivity index (χ2v) is 6.31. The minimum atomic E-state index is -0.00593. The number of nitrogens with one attached hydrogen (secondary N) is 1. The summed E-state index contributed by atoms with van der Waals surface area (Å²) in [7, 11) is 0. The normalized spacial score (nSPS) is 12.3. The Morgan fingerprint density at radius 1 is 1.05 bits per heavy atom. The van der Waals surface area contributed by atoms with Crippen molar-refractivity contribution in [3.63, 3.8) is 0 Å². The van der Waals surface area contributed by atoms with Crippen LogP contribution in [-0.2, 0) is 5.41 Å². The van der Waals surface area contributed by atoms with Gasteiger partial charge in [-0.05, 0) is 36.8 Å². The summed E-state index contributed by atoms with van der Waals surface area (Å²) in [6.07, 6.45) is 0. The van der Waals surface area contributed by atoms with Crippen LogP contribution in [0.15, 0.2) is 41.5 Å². The molecule has 110 valence electrons. The molecule has 1 N–H and O–H groups in total. The lowest BCUT2D eigenvalue weighted by Gasteiger charge is -2.16. The zero-order valence-corrected chi connectivity index (χ0v) is 13.4. The van der Waals surface area contributed by atoms with Gasteiger partial charge in [-0.2, -0.15) is 10.2 Å². The van der Waals surface area contributed by atoms with E-state index in [1.54, 1.807) is 0 Å². The number of rotatable bonds is 3. The molecule has 0 bridgehead atoms. The molecule has 0 saturated heterocycles. The first-order valence-corrected chi connectivity index (χ1v) is 7.14. The molecule has 0 atom stereocenters. The van der Waals surface area contributed by atoms with Crippen LogP contribution in [-0.4, -0.2) is 15.9 Å². The Bertz CT molecular complexity index is 625. The number of benzene rings is 1. The maximum absolute atomic E-state index is 5.87. The lowest BCUT2D eigenvalue weighted by molar-refractivity contribution is 0.559. The van der Waals surface area contributed by atoms with Gasteiger partial charge < -0.3 is 0 Å². The van der Waals surface area contributed by atoms with Gasteiger partial charge in [0.05, 0.1) is 11.4 Å². The van der Waals surface area contributed by atoms with Crippen LogP contribution in [0.3, 0.4) is 0 Å². The fraction of sp³-hybridized carbons (Fsp3) is 0.312. The fourth-order valence-electron chi connectivity index (χ4n) is 1.69. The second kappa shape index (κ2) is 6.22. The van der Waals surface area contributed by atoms with Gasteiger partial charge >= 0.3 is 0 Å². The topological polar surface area (TPSA) is 50.2 Å². The van der Waals surface area contributed by atoms with Crippen molar-refractivity contribution in [1.82, 2.24) is 10.2 Å². The Hall–Kier alpha value is -1.94. The molecular weight excluding hydrogens is 284 g/mol. The van der Waals surface area contributed by atoms with Crippen molar-refractivity contribution in [2.24, 2.45) is 5.10 Å². The molecule has 0 unspecified atom stereocenters. The minimum Gasteiger partial charge on any atom is -0.260 e. The van der Waals surface area contributed by atoms with Gasteiger partial charge in [-0.15, -0.1) is 5.10 Å². The van der Waals surface area contributed by atoms with Crippen LogP contribution >= 0.6 is 11.6 Å². The average molecular weight is 303 g/mol. The summed E-state index contributed by atoms with van der Waals surface area (Å²) in [4.78, 5) is 0. The van der Waals surface area contributed by atoms with Crippen molar-refractivity contribution in [3.05, 3.63) is 52.7 Å². The van der Waals surface area contributed by atoms with Crippen LogP contribution in [0.5, 0.6) is 0 Å².